The quantitative estimate of drug-likeness (QED) is 0.874. The highest BCUT2D eigenvalue weighted by molar-refractivity contribution is 6.04. The second kappa shape index (κ2) is 5.18. The lowest BCUT2D eigenvalue weighted by Gasteiger charge is -2.08. The molecule has 4 heteroatoms. The molecule has 1 amide bonds. The van der Waals surface area contributed by atoms with E-state index in [2.05, 4.69) is 5.32 Å². The van der Waals surface area contributed by atoms with Crippen molar-refractivity contribution in [1.29, 1.82) is 0 Å². The maximum atomic E-state index is 13.4. The molecule has 2 aromatic carbocycles. The summed E-state index contributed by atoms with van der Waals surface area (Å²) in [4.78, 5) is 12.0. The summed E-state index contributed by atoms with van der Waals surface area (Å²) < 4.78 is 26.4. The molecule has 0 bridgehead atoms. The maximum Gasteiger partial charge on any atom is 0.255 e. The van der Waals surface area contributed by atoms with Gasteiger partial charge in [-0.25, -0.2) is 8.78 Å². The number of amides is 1. The number of halogens is 2. The van der Waals surface area contributed by atoms with Crippen molar-refractivity contribution in [2.45, 2.75) is 13.8 Å². The summed E-state index contributed by atoms with van der Waals surface area (Å²) in [5, 5.41) is 2.37. The van der Waals surface area contributed by atoms with E-state index in [1.54, 1.807) is 12.1 Å². The third-order valence-corrected chi connectivity index (χ3v) is 2.66. The van der Waals surface area contributed by atoms with Gasteiger partial charge in [-0.2, -0.15) is 0 Å². The first kappa shape index (κ1) is 13.2. The van der Waals surface area contributed by atoms with Crippen LogP contribution in [0.1, 0.15) is 21.5 Å². The van der Waals surface area contributed by atoms with Crippen molar-refractivity contribution in [2.75, 3.05) is 5.32 Å². The van der Waals surface area contributed by atoms with Gasteiger partial charge in [0, 0.05) is 11.6 Å². The van der Waals surface area contributed by atoms with Crippen molar-refractivity contribution in [3.63, 3.8) is 0 Å². The largest absolute Gasteiger partial charge is 0.319 e. The van der Waals surface area contributed by atoms with Crippen molar-refractivity contribution < 1.29 is 13.6 Å². The molecule has 0 aliphatic rings. The zero-order chi connectivity index (χ0) is 14.0. The fourth-order valence-electron chi connectivity index (χ4n) is 1.89. The molecule has 0 unspecified atom stereocenters. The van der Waals surface area contributed by atoms with E-state index in [1.165, 1.54) is 0 Å². The Balaban J connectivity index is 2.28. The predicted octanol–water partition coefficient (Wildman–Crippen LogP) is 3.83. The highest BCUT2D eigenvalue weighted by Crippen LogP contribution is 2.17. The average Bonchev–Trinajstić information content (AvgIpc) is 2.32. The van der Waals surface area contributed by atoms with Crippen molar-refractivity contribution in [3.05, 3.63) is 64.7 Å². The highest BCUT2D eigenvalue weighted by Gasteiger charge is 2.11. The zero-order valence-electron chi connectivity index (χ0n) is 10.6. The molecular formula is C15H13F2NO. The van der Waals surface area contributed by atoms with E-state index in [0.29, 0.717) is 5.56 Å². The lowest BCUT2D eigenvalue weighted by atomic mass is 10.1. The van der Waals surface area contributed by atoms with Crippen molar-refractivity contribution in [3.8, 4) is 0 Å². The van der Waals surface area contributed by atoms with Crippen LogP contribution in [-0.2, 0) is 0 Å². The molecule has 0 aromatic heterocycles. The summed E-state index contributed by atoms with van der Waals surface area (Å²) in [5.74, 6) is -1.73. The Kier molecular flexibility index (Phi) is 3.60. The molecule has 0 aliphatic heterocycles. The van der Waals surface area contributed by atoms with Crippen LogP contribution in [0.4, 0.5) is 14.5 Å². The number of hydrogen-bond acceptors (Lipinski definition) is 1. The SMILES string of the molecule is Cc1cc(C)cc(C(=O)Nc2cc(F)ccc2F)c1. The molecule has 0 fully saturated rings. The van der Waals surface area contributed by atoms with Crippen LogP contribution in [0.3, 0.4) is 0 Å². The Morgan fingerprint density at radius 2 is 1.63 bits per heavy atom. The van der Waals surface area contributed by atoms with Crippen LogP contribution in [0.2, 0.25) is 0 Å². The molecular weight excluding hydrogens is 248 g/mol. The van der Waals surface area contributed by atoms with Crippen LogP contribution in [0.5, 0.6) is 0 Å². The number of rotatable bonds is 2. The van der Waals surface area contributed by atoms with Gasteiger partial charge in [0.1, 0.15) is 11.6 Å². The Labute approximate surface area is 110 Å². The van der Waals surface area contributed by atoms with Crippen LogP contribution >= 0.6 is 0 Å². The predicted molar refractivity (Wildman–Crippen MR) is 70.2 cm³/mol. The lowest BCUT2D eigenvalue weighted by molar-refractivity contribution is 0.102. The Bertz CT molecular complexity index is 618. The summed E-state index contributed by atoms with van der Waals surface area (Å²) in [5.41, 5.74) is 2.13. The molecule has 0 atom stereocenters. The van der Waals surface area contributed by atoms with E-state index >= 15 is 0 Å². The summed E-state index contributed by atoms with van der Waals surface area (Å²) >= 11 is 0. The second-order valence-corrected chi connectivity index (χ2v) is 4.45. The Hall–Kier alpha value is -2.23. The normalized spacial score (nSPS) is 10.3. The van der Waals surface area contributed by atoms with Gasteiger partial charge in [-0.1, -0.05) is 17.2 Å². The van der Waals surface area contributed by atoms with Gasteiger partial charge in [0.15, 0.2) is 0 Å². The van der Waals surface area contributed by atoms with Crippen molar-refractivity contribution in [1.82, 2.24) is 0 Å². The summed E-state index contributed by atoms with van der Waals surface area (Å²) in [6, 6.07) is 8.25. The van der Waals surface area contributed by atoms with Crippen LogP contribution in [0.25, 0.3) is 0 Å². The van der Waals surface area contributed by atoms with Gasteiger partial charge < -0.3 is 5.32 Å². The van der Waals surface area contributed by atoms with Crippen LogP contribution in [0.15, 0.2) is 36.4 Å². The molecule has 2 nitrogen and oxygen atoms in total. The first-order chi connectivity index (χ1) is 8.95. The minimum Gasteiger partial charge on any atom is -0.319 e. The molecule has 0 saturated carbocycles. The monoisotopic (exact) mass is 261 g/mol. The summed E-state index contributed by atoms with van der Waals surface area (Å²) in [6.07, 6.45) is 0. The van der Waals surface area contributed by atoms with Crippen molar-refractivity contribution >= 4 is 11.6 Å². The third-order valence-electron chi connectivity index (χ3n) is 2.66. The summed E-state index contributed by atoms with van der Waals surface area (Å²) in [6.45, 7) is 3.74. The molecule has 0 radical (unpaired) electrons. The van der Waals surface area contributed by atoms with Gasteiger partial charge in [-0.15, -0.1) is 0 Å². The molecule has 98 valence electrons. The standard InChI is InChI=1S/C15H13F2NO/c1-9-5-10(2)7-11(6-9)15(19)18-14-8-12(16)3-4-13(14)17/h3-8H,1-2H3,(H,18,19). The average molecular weight is 261 g/mol. The van der Waals surface area contributed by atoms with E-state index < -0.39 is 17.5 Å². The minimum absolute atomic E-state index is 0.163. The summed E-state index contributed by atoms with van der Waals surface area (Å²) in [7, 11) is 0. The fraction of sp³-hybridized carbons (Fsp3) is 0.133. The van der Waals surface area contributed by atoms with Gasteiger partial charge in [0.05, 0.1) is 5.69 Å². The van der Waals surface area contributed by atoms with Crippen LogP contribution < -0.4 is 5.32 Å². The van der Waals surface area contributed by atoms with Crippen molar-refractivity contribution in [2.24, 2.45) is 0 Å². The smallest absolute Gasteiger partial charge is 0.255 e. The molecule has 0 heterocycles. The van der Waals surface area contributed by atoms with E-state index in [9.17, 15) is 13.6 Å². The number of carbonyl (C=O) groups excluding carboxylic acids is 1. The first-order valence-corrected chi connectivity index (χ1v) is 5.80. The van der Waals surface area contributed by atoms with Gasteiger partial charge >= 0.3 is 0 Å². The molecule has 0 spiro atoms. The van der Waals surface area contributed by atoms with E-state index in [0.717, 1.165) is 29.3 Å². The number of aryl methyl sites for hydroxylation is 2. The fourth-order valence-corrected chi connectivity index (χ4v) is 1.89. The van der Waals surface area contributed by atoms with Crippen LogP contribution in [0, 0.1) is 25.5 Å². The zero-order valence-corrected chi connectivity index (χ0v) is 10.6. The maximum absolute atomic E-state index is 13.4. The van der Waals surface area contributed by atoms with E-state index in [1.807, 2.05) is 19.9 Å². The number of nitrogens with one attached hydrogen (secondary N) is 1. The molecule has 1 N–H and O–H groups in total. The third kappa shape index (κ3) is 3.16. The van der Waals surface area contributed by atoms with Gasteiger partial charge in [0.25, 0.3) is 5.91 Å². The molecule has 0 saturated heterocycles. The molecule has 2 rings (SSSR count). The second-order valence-electron chi connectivity index (χ2n) is 4.45. The minimum atomic E-state index is -0.667. The van der Waals surface area contributed by atoms with Gasteiger partial charge in [-0.05, 0) is 38.1 Å². The molecule has 2 aromatic rings. The molecule has 0 aliphatic carbocycles. The topological polar surface area (TPSA) is 29.1 Å². The first-order valence-electron chi connectivity index (χ1n) is 5.80. The number of benzene rings is 2. The number of hydrogen-bond donors (Lipinski definition) is 1. The van der Waals surface area contributed by atoms with E-state index in [-0.39, 0.29) is 5.69 Å². The Morgan fingerprint density at radius 3 is 2.26 bits per heavy atom. The van der Waals surface area contributed by atoms with Gasteiger partial charge in [-0.3, -0.25) is 4.79 Å². The number of carbonyl (C=O) groups is 1. The highest BCUT2D eigenvalue weighted by atomic mass is 19.1. The number of anilines is 1. The lowest BCUT2D eigenvalue weighted by Crippen LogP contribution is -2.13. The van der Waals surface area contributed by atoms with E-state index in [4.69, 9.17) is 0 Å². The van der Waals surface area contributed by atoms with Gasteiger partial charge in [0.2, 0.25) is 0 Å². The Morgan fingerprint density at radius 1 is 1.00 bits per heavy atom. The molecule has 19 heavy (non-hydrogen) atoms. The van der Waals surface area contributed by atoms with Crippen LogP contribution in [-0.4, -0.2) is 5.91 Å².